The molecule has 0 fully saturated rings. The van der Waals surface area contributed by atoms with Crippen molar-refractivity contribution in [3.05, 3.63) is 11.9 Å². The predicted octanol–water partition coefficient (Wildman–Crippen LogP) is 2.46. The number of hydrogen-bond acceptors (Lipinski definition) is 1. The Morgan fingerprint density at radius 3 is 2.20 bits per heavy atom. The molecule has 0 amide bonds. The Morgan fingerprint density at radius 1 is 1.40 bits per heavy atom. The summed E-state index contributed by atoms with van der Waals surface area (Å²) in [6.07, 6.45) is 2.21. The molecule has 1 nitrogen and oxygen atoms in total. The van der Waals surface area contributed by atoms with Crippen LogP contribution in [0.2, 0.25) is 0 Å². The molecule has 0 saturated heterocycles. The van der Waals surface area contributed by atoms with Gasteiger partial charge in [0.25, 0.3) is 0 Å². The maximum absolute atomic E-state index is 2.32. The van der Waals surface area contributed by atoms with Gasteiger partial charge in [-0.1, -0.05) is 20.8 Å². The number of allylic oxidation sites excluding steroid dienone is 1. The highest BCUT2D eigenvalue weighted by Gasteiger charge is 2.19. The second kappa shape index (κ2) is 2.65. The van der Waals surface area contributed by atoms with Gasteiger partial charge in [0.05, 0.1) is 0 Å². The highest BCUT2D eigenvalue weighted by molar-refractivity contribution is 5.15. The van der Waals surface area contributed by atoms with E-state index in [-0.39, 0.29) is 0 Å². The van der Waals surface area contributed by atoms with Gasteiger partial charge in [-0.2, -0.15) is 0 Å². The minimum Gasteiger partial charge on any atom is -0.348 e. The molecular formula is C9H17N. The van der Waals surface area contributed by atoms with Crippen LogP contribution in [0.25, 0.3) is 0 Å². The lowest BCUT2D eigenvalue weighted by atomic mass is 9.98. The molecule has 1 heteroatoms. The van der Waals surface area contributed by atoms with Gasteiger partial charge in [-0.3, -0.25) is 0 Å². The average molecular weight is 139 g/mol. The second-order valence-corrected chi connectivity index (χ2v) is 3.64. The lowest BCUT2D eigenvalue weighted by Gasteiger charge is -2.16. The molecule has 1 atom stereocenters. The van der Waals surface area contributed by atoms with Crippen molar-refractivity contribution in [3.8, 4) is 0 Å². The van der Waals surface area contributed by atoms with Crippen LogP contribution in [0.5, 0.6) is 0 Å². The van der Waals surface area contributed by atoms with Crippen LogP contribution >= 0.6 is 0 Å². The molecule has 0 aromatic carbocycles. The molecule has 0 aromatic heterocycles. The quantitative estimate of drug-likeness (QED) is 0.580. The highest BCUT2D eigenvalue weighted by atomic mass is 15.2. The van der Waals surface area contributed by atoms with E-state index in [0.717, 1.165) is 11.8 Å². The molecule has 0 bridgehead atoms. The van der Waals surface area contributed by atoms with E-state index < -0.39 is 0 Å². The van der Waals surface area contributed by atoms with Gasteiger partial charge in [0.15, 0.2) is 0 Å². The molecule has 1 aliphatic heterocycles. The van der Waals surface area contributed by atoms with E-state index in [1.807, 2.05) is 0 Å². The zero-order valence-electron chi connectivity index (χ0n) is 7.39. The molecule has 58 valence electrons. The standard InChI is InChI=1S/C9H17N/c1-7(2)8(3)5-10-6-9(10)4/h6-8H,5H2,1-4H3/t8-,10?/m0/s1. The van der Waals surface area contributed by atoms with Gasteiger partial charge < -0.3 is 4.90 Å². The van der Waals surface area contributed by atoms with Gasteiger partial charge in [-0.25, -0.2) is 0 Å². The Hall–Kier alpha value is -0.460. The van der Waals surface area contributed by atoms with Crippen LogP contribution < -0.4 is 0 Å². The fourth-order valence-electron chi connectivity index (χ4n) is 0.914. The first-order chi connectivity index (χ1) is 4.61. The SMILES string of the molecule is CC1=CN1C[C@H](C)C(C)C. The summed E-state index contributed by atoms with van der Waals surface area (Å²) in [5.74, 6) is 1.62. The van der Waals surface area contributed by atoms with Crippen molar-refractivity contribution in [1.82, 2.24) is 4.90 Å². The molecule has 0 N–H and O–H groups in total. The van der Waals surface area contributed by atoms with E-state index in [1.54, 1.807) is 0 Å². The molecule has 1 aliphatic rings. The Labute approximate surface area is 63.7 Å². The second-order valence-electron chi connectivity index (χ2n) is 3.64. The van der Waals surface area contributed by atoms with Crippen molar-refractivity contribution >= 4 is 0 Å². The van der Waals surface area contributed by atoms with Crippen molar-refractivity contribution < 1.29 is 0 Å². The van der Waals surface area contributed by atoms with Crippen LogP contribution in [0, 0.1) is 11.8 Å². The van der Waals surface area contributed by atoms with E-state index in [1.165, 1.54) is 12.2 Å². The zero-order valence-corrected chi connectivity index (χ0v) is 7.39. The molecule has 0 aromatic rings. The smallest absolute Gasteiger partial charge is 0.0307 e. The topological polar surface area (TPSA) is 3.01 Å². The Kier molecular flexibility index (Phi) is 2.02. The molecule has 0 unspecified atom stereocenters. The van der Waals surface area contributed by atoms with Gasteiger partial charge >= 0.3 is 0 Å². The van der Waals surface area contributed by atoms with Gasteiger partial charge in [0.2, 0.25) is 0 Å². The monoisotopic (exact) mass is 139 g/mol. The molecule has 1 rings (SSSR count). The fourth-order valence-corrected chi connectivity index (χ4v) is 0.914. The van der Waals surface area contributed by atoms with E-state index in [0.29, 0.717) is 0 Å². The third-order valence-electron chi connectivity index (χ3n) is 2.35. The van der Waals surface area contributed by atoms with Crippen molar-refractivity contribution in [2.75, 3.05) is 6.54 Å². The van der Waals surface area contributed by atoms with Gasteiger partial charge in [-0.05, 0) is 18.8 Å². The number of nitrogens with zero attached hydrogens (tertiary/aromatic N) is 1. The van der Waals surface area contributed by atoms with Crippen LogP contribution in [0.1, 0.15) is 27.7 Å². The summed E-state index contributed by atoms with van der Waals surface area (Å²) in [4.78, 5) is 2.32. The van der Waals surface area contributed by atoms with Crippen LogP contribution in [0.3, 0.4) is 0 Å². The Morgan fingerprint density at radius 2 is 1.90 bits per heavy atom. The first-order valence-electron chi connectivity index (χ1n) is 4.06. The maximum Gasteiger partial charge on any atom is 0.0307 e. The summed E-state index contributed by atoms with van der Waals surface area (Å²) in [5, 5.41) is 0. The third-order valence-corrected chi connectivity index (χ3v) is 2.35. The third kappa shape index (κ3) is 1.76. The maximum atomic E-state index is 2.32. The molecule has 0 aliphatic carbocycles. The predicted molar refractivity (Wildman–Crippen MR) is 44.5 cm³/mol. The van der Waals surface area contributed by atoms with Gasteiger partial charge in [0, 0.05) is 18.4 Å². The van der Waals surface area contributed by atoms with E-state index in [2.05, 4.69) is 38.8 Å². The molecule has 1 heterocycles. The summed E-state index contributed by atoms with van der Waals surface area (Å²) < 4.78 is 0. The van der Waals surface area contributed by atoms with Crippen molar-refractivity contribution in [1.29, 1.82) is 0 Å². The normalized spacial score (nSPS) is 19.3. The van der Waals surface area contributed by atoms with Crippen LogP contribution in [-0.4, -0.2) is 11.4 Å². The average Bonchev–Trinajstić information content (AvgIpc) is 2.46. The fraction of sp³-hybridized carbons (Fsp3) is 0.778. The highest BCUT2D eigenvalue weighted by Crippen LogP contribution is 2.23. The van der Waals surface area contributed by atoms with Crippen LogP contribution in [0.4, 0.5) is 0 Å². The molecule has 0 spiro atoms. The minimum absolute atomic E-state index is 0.807. The summed E-state index contributed by atoms with van der Waals surface area (Å²) in [7, 11) is 0. The lowest BCUT2D eigenvalue weighted by Crippen LogP contribution is -2.16. The number of hydrogen-bond donors (Lipinski definition) is 0. The Bertz CT molecular complexity index is 147. The largest absolute Gasteiger partial charge is 0.348 e. The van der Waals surface area contributed by atoms with E-state index >= 15 is 0 Å². The minimum atomic E-state index is 0.807. The molecule has 10 heavy (non-hydrogen) atoms. The van der Waals surface area contributed by atoms with Crippen LogP contribution in [0.15, 0.2) is 11.9 Å². The summed E-state index contributed by atoms with van der Waals surface area (Å²) in [5.41, 5.74) is 1.44. The molecule has 0 radical (unpaired) electrons. The van der Waals surface area contributed by atoms with E-state index in [4.69, 9.17) is 0 Å². The summed E-state index contributed by atoms with van der Waals surface area (Å²) in [6.45, 7) is 10.2. The Balaban J connectivity index is 2.14. The first-order valence-corrected chi connectivity index (χ1v) is 4.06. The molecule has 0 saturated carbocycles. The molecular weight excluding hydrogens is 122 g/mol. The lowest BCUT2D eigenvalue weighted by molar-refractivity contribution is 0.352. The number of rotatable bonds is 3. The van der Waals surface area contributed by atoms with E-state index in [9.17, 15) is 0 Å². The zero-order chi connectivity index (χ0) is 7.72. The van der Waals surface area contributed by atoms with Crippen LogP contribution in [-0.2, 0) is 0 Å². The summed E-state index contributed by atoms with van der Waals surface area (Å²) in [6, 6.07) is 0. The van der Waals surface area contributed by atoms with Crippen molar-refractivity contribution in [2.45, 2.75) is 27.7 Å². The summed E-state index contributed by atoms with van der Waals surface area (Å²) >= 11 is 0. The van der Waals surface area contributed by atoms with Gasteiger partial charge in [0.1, 0.15) is 0 Å². The van der Waals surface area contributed by atoms with Gasteiger partial charge in [-0.15, -0.1) is 0 Å². The first kappa shape index (κ1) is 7.64. The van der Waals surface area contributed by atoms with Crippen molar-refractivity contribution in [3.63, 3.8) is 0 Å². The van der Waals surface area contributed by atoms with Crippen molar-refractivity contribution in [2.24, 2.45) is 11.8 Å².